The van der Waals surface area contributed by atoms with Gasteiger partial charge < -0.3 is 25.6 Å². The molecule has 2 fully saturated rings. The molecular formula is C19H27BrN4O7. The molecule has 172 valence electrons. The third-order valence-electron chi connectivity index (χ3n) is 6.22. The number of hydrogen-bond donors (Lipinski definition) is 4. The Morgan fingerprint density at radius 3 is 2.61 bits per heavy atom. The molecule has 0 aromatic carbocycles. The predicted octanol–water partition coefficient (Wildman–Crippen LogP) is -0.435. The molecule has 3 atom stereocenters. The van der Waals surface area contributed by atoms with Crippen LogP contribution < -0.4 is 17.0 Å². The second-order valence-corrected chi connectivity index (χ2v) is 9.41. The van der Waals surface area contributed by atoms with E-state index in [1.165, 1.54) is 10.8 Å². The Bertz CT molecular complexity index is 965. The number of carboxylic acid groups (broad SMARTS) is 1. The zero-order valence-corrected chi connectivity index (χ0v) is 18.8. The second-order valence-electron chi connectivity index (χ2n) is 8.55. The third-order valence-corrected chi connectivity index (χ3v) is 6.78. The lowest BCUT2D eigenvalue weighted by molar-refractivity contribution is -0.198. The molecule has 0 radical (unpaired) electrons. The molecule has 11 nitrogen and oxygen atoms in total. The Morgan fingerprint density at radius 1 is 1.39 bits per heavy atom. The van der Waals surface area contributed by atoms with Gasteiger partial charge in [0.15, 0.2) is 0 Å². The van der Waals surface area contributed by atoms with Gasteiger partial charge in [0.05, 0.1) is 28.3 Å². The first-order valence-electron chi connectivity index (χ1n) is 10.1. The number of halogens is 1. The van der Waals surface area contributed by atoms with Crippen LogP contribution in [0.1, 0.15) is 45.1 Å². The van der Waals surface area contributed by atoms with Crippen LogP contribution in [0.5, 0.6) is 0 Å². The monoisotopic (exact) mass is 502 g/mol. The number of carbonyl (C=O) groups excluding carboxylic acids is 1. The molecule has 1 aromatic heterocycles. The maximum atomic E-state index is 12.4. The number of nitrogens with zero attached hydrogens (tertiary/aromatic N) is 2. The van der Waals surface area contributed by atoms with Gasteiger partial charge in [0.1, 0.15) is 6.04 Å². The van der Waals surface area contributed by atoms with E-state index >= 15 is 0 Å². The van der Waals surface area contributed by atoms with Gasteiger partial charge in [-0.05, 0) is 42.1 Å². The van der Waals surface area contributed by atoms with Gasteiger partial charge in [0, 0.05) is 32.1 Å². The number of ether oxygens (including phenoxy) is 1. The number of aliphatic carboxylic acids is 1. The van der Waals surface area contributed by atoms with Crippen molar-refractivity contribution in [1.82, 2.24) is 14.5 Å². The van der Waals surface area contributed by atoms with E-state index < -0.39 is 40.5 Å². The van der Waals surface area contributed by atoms with E-state index in [-0.39, 0.29) is 36.2 Å². The first-order valence-corrected chi connectivity index (χ1v) is 10.9. The molecule has 5 N–H and O–H groups in total. The number of amides is 1. The molecule has 0 saturated carbocycles. The summed E-state index contributed by atoms with van der Waals surface area (Å²) in [5.74, 6) is -1.29. The zero-order valence-electron chi connectivity index (χ0n) is 17.2. The lowest BCUT2D eigenvalue weighted by Gasteiger charge is -2.51. The van der Waals surface area contributed by atoms with Crippen molar-refractivity contribution in [2.24, 2.45) is 5.73 Å². The van der Waals surface area contributed by atoms with Crippen molar-refractivity contribution in [3.05, 3.63) is 31.5 Å². The van der Waals surface area contributed by atoms with Crippen LogP contribution in [0.25, 0.3) is 0 Å². The Balaban J connectivity index is 1.64. The van der Waals surface area contributed by atoms with Gasteiger partial charge in [-0.3, -0.25) is 23.9 Å². The molecule has 31 heavy (non-hydrogen) atoms. The Labute approximate surface area is 186 Å². The van der Waals surface area contributed by atoms with Crippen molar-refractivity contribution in [2.75, 3.05) is 19.7 Å². The van der Waals surface area contributed by atoms with E-state index in [0.29, 0.717) is 25.9 Å². The van der Waals surface area contributed by atoms with Crippen LogP contribution in [-0.4, -0.2) is 73.5 Å². The highest BCUT2D eigenvalue weighted by molar-refractivity contribution is 9.10. The number of nitrogens with one attached hydrogen (secondary N) is 1. The van der Waals surface area contributed by atoms with Crippen LogP contribution in [-0.2, 0) is 14.3 Å². The van der Waals surface area contributed by atoms with Crippen molar-refractivity contribution in [1.29, 1.82) is 0 Å². The number of rotatable bonds is 5. The van der Waals surface area contributed by atoms with E-state index in [1.807, 2.05) is 0 Å². The standard InChI is InChI=1S/C19H27BrN4O7/c1-18(30)10-19(31-9-13(18)24-8-11(20)15(26)22-17(24)29)4-6-23(7-5-19)14(25)3-2-12(21)16(27)28/h8,12-13,30H,2-7,9-10,21H2,1H3,(H,27,28)(H,22,26,29)/t12-,13+,18+/m1/s1. The summed E-state index contributed by atoms with van der Waals surface area (Å²) in [5, 5.41) is 20.0. The van der Waals surface area contributed by atoms with Gasteiger partial charge in [-0.25, -0.2) is 4.79 Å². The number of piperidine rings is 1. The highest BCUT2D eigenvalue weighted by Crippen LogP contribution is 2.43. The van der Waals surface area contributed by atoms with Crippen LogP contribution in [0.15, 0.2) is 20.3 Å². The smallest absolute Gasteiger partial charge is 0.328 e. The lowest BCUT2D eigenvalue weighted by Crippen LogP contribution is -2.59. The maximum Gasteiger partial charge on any atom is 0.328 e. The van der Waals surface area contributed by atoms with Gasteiger partial charge in [0.2, 0.25) is 5.91 Å². The SMILES string of the molecule is C[C@]1(O)CC2(CCN(C(=O)CC[C@@H](N)C(=O)O)CC2)OC[C@@H]1n1cc(Br)c(=O)[nH]c1=O. The fourth-order valence-corrected chi connectivity index (χ4v) is 4.69. The summed E-state index contributed by atoms with van der Waals surface area (Å²) in [7, 11) is 0. The van der Waals surface area contributed by atoms with Crippen molar-refractivity contribution in [2.45, 2.75) is 62.3 Å². The zero-order chi connectivity index (χ0) is 23.0. The number of nitrogens with two attached hydrogens (primary N) is 1. The number of carbonyl (C=O) groups is 2. The van der Waals surface area contributed by atoms with Crippen LogP contribution >= 0.6 is 15.9 Å². The van der Waals surface area contributed by atoms with Crippen molar-refractivity contribution in [3.8, 4) is 0 Å². The minimum atomic E-state index is -1.28. The molecule has 2 aliphatic heterocycles. The fraction of sp³-hybridized carbons (Fsp3) is 0.684. The van der Waals surface area contributed by atoms with Gasteiger partial charge in [-0.2, -0.15) is 0 Å². The highest BCUT2D eigenvalue weighted by atomic mass is 79.9. The van der Waals surface area contributed by atoms with Gasteiger partial charge >= 0.3 is 11.7 Å². The van der Waals surface area contributed by atoms with Crippen LogP contribution in [0.2, 0.25) is 0 Å². The number of likely N-dealkylation sites (tertiary alicyclic amines) is 1. The lowest BCUT2D eigenvalue weighted by atomic mass is 9.75. The van der Waals surface area contributed by atoms with Gasteiger partial charge in [-0.15, -0.1) is 0 Å². The van der Waals surface area contributed by atoms with Crippen molar-refractivity contribution < 1.29 is 24.5 Å². The number of H-pyrrole nitrogens is 1. The molecule has 1 aromatic rings. The number of aromatic amines is 1. The fourth-order valence-electron chi connectivity index (χ4n) is 4.37. The molecule has 0 aliphatic carbocycles. The predicted molar refractivity (Wildman–Crippen MR) is 113 cm³/mol. The molecule has 3 rings (SSSR count). The summed E-state index contributed by atoms with van der Waals surface area (Å²) in [6.07, 6.45) is 2.77. The summed E-state index contributed by atoms with van der Waals surface area (Å²) in [6.45, 7) is 2.56. The molecule has 3 heterocycles. The second kappa shape index (κ2) is 8.85. The Morgan fingerprint density at radius 2 is 2.03 bits per heavy atom. The van der Waals surface area contributed by atoms with E-state index in [1.54, 1.807) is 11.8 Å². The largest absolute Gasteiger partial charge is 0.480 e. The molecule has 1 amide bonds. The van der Waals surface area contributed by atoms with E-state index in [0.717, 1.165) is 0 Å². The molecule has 1 spiro atoms. The molecule has 2 saturated heterocycles. The first kappa shape index (κ1) is 23.6. The van der Waals surface area contributed by atoms with Gasteiger partial charge in [0.25, 0.3) is 5.56 Å². The van der Waals surface area contributed by atoms with Crippen molar-refractivity contribution in [3.63, 3.8) is 0 Å². The summed E-state index contributed by atoms with van der Waals surface area (Å²) in [5.41, 5.74) is 2.38. The average molecular weight is 503 g/mol. The van der Waals surface area contributed by atoms with Crippen LogP contribution in [0.3, 0.4) is 0 Å². The quantitative estimate of drug-likeness (QED) is 0.420. The summed E-state index contributed by atoms with van der Waals surface area (Å²) in [4.78, 5) is 50.9. The van der Waals surface area contributed by atoms with Crippen molar-refractivity contribution >= 4 is 27.8 Å². The van der Waals surface area contributed by atoms with E-state index in [4.69, 9.17) is 15.6 Å². The van der Waals surface area contributed by atoms with Crippen LogP contribution in [0, 0.1) is 0 Å². The number of carboxylic acids is 1. The Kier molecular flexibility index (Phi) is 6.75. The number of hydrogen-bond acceptors (Lipinski definition) is 7. The van der Waals surface area contributed by atoms with E-state index in [9.17, 15) is 24.3 Å². The van der Waals surface area contributed by atoms with E-state index in [2.05, 4.69) is 20.9 Å². The molecule has 0 bridgehead atoms. The Hall–Kier alpha value is -2.02. The van der Waals surface area contributed by atoms with Crippen LogP contribution in [0.4, 0.5) is 0 Å². The molecule has 2 aliphatic rings. The average Bonchev–Trinajstić information content (AvgIpc) is 2.69. The molecule has 0 unspecified atom stereocenters. The summed E-state index contributed by atoms with van der Waals surface area (Å²) < 4.78 is 7.57. The molecular weight excluding hydrogens is 476 g/mol. The summed E-state index contributed by atoms with van der Waals surface area (Å²) >= 11 is 3.10. The molecule has 12 heteroatoms. The minimum Gasteiger partial charge on any atom is -0.480 e. The normalized spacial score (nSPS) is 26.6. The third kappa shape index (κ3) is 5.08. The topological polar surface area (TPSA) is 168 Å². The summed E-state index contributed by atoms with van der Waals surface area (Å²) in [6, 6.07) is -1.75. The van der Waals surface area contributed by atoms with Gasteiger partial charge in [-0.1, -0.05) is 0 Å². The number of aliphatic hydroxyl groups is 1. The first-order chi connectivity index (χ1) is 14.4. The minimum absolute atomic E-state index is 0.0606. The maximum absolute atomic E-state index is 12.4. The number of aromatic nitrogens is 2. The highest BCUT2D eigenvalue weighted by Gasteiger charge is 2.50.